The van der Waals surface area contributed by atoms with E-state index in [-0.39, 0.29) is 30.7 Å². The van der Waals surface area contributed by atoms with Gasteiger partial charge in [-0.3, -0.25) is 4.79 Å². The molecule has 2 bridgehead atoms. The van der Waals surface area contributed by atoms with Crippen molar-refractivity contribution >= 4 is 15.9 Å². The number of hydrogen-bond donors (Lipinski definition) is 1. The van der Waals surface area contributed by atoms with Crippen LogP contribution in [0, 0.1) is 0 Å². The fraction of sp³-hybridized carbons (Fsp3) is 0.696. The van der Waals surface area contributed by atoms with E-state index in [2.05, 4.69) is 10.8 Å². The Balaban J connectivity index is 1.60. The molecule has 2 fully saturated rings. The highest BCUT2D eigenvalue weighted by atomic mass is 32.2. The van der Waals surface area contributed by atoms with Crippen molar-refractivity contribution in [3.8, 4) is 5.75 Å². The summed E-state index contributed by atoms with van der Waals surface area (Å²) in [6, 6.07) is 7.34. The van der Waals surface area contributed by atoms with E-state index in [4.69, 9.17) is 9.47 Å². The van der Waals surface area contributed by atoms with Crippen LogP contribution in [0.25, 0.3) is 0 Å². The van der Waals surface area contributed by atoms with Gasteiger partial charge >= 0.3 is 0 Å². The zero-order valence-corrected chi connectivity index (χ0v) is 19.3. The average Bonchev–Trinajstić information content (AvgIpc) is 2.77. The van der Waals surface area contributed by atoms with Crippen molar-refractivity contribution in [3.05, 3.63) is 29.8 Å². The Morgan fingerprint density at radius 2 is 1.84 bits per heavy atom. The van der Waals surface area contributed by atoms with Crippen LogP contribution < -0.4 is 9.46 Å². The molecule has 1 amide bonds. The Kier molecular flexibility index (Phi) is 6.89. The van der Waals surface area contributed by atoms with Crippen molar-refractivity contribution in [2.45, 2.75) is 81.7 Å². The van der Waals surface area contributed by atoms with Gasteiger partial charge in [-0.05, 0) is 69.9 Å². The van der Waals surface area contributed by atoms with Crippen LogP contribution >= 0.6 is 0 Å². The number of rotatable bonds is 3. The molecule has 5 rings (SSSR count). The van der Waals surface area contributed by atoms with Crippen LogP contribution in [0.3, 0.4) is 0 Å². The molecule has 4 aliphatic rings. The molecule has 7 nitrogen and oxygen atoms in total. The molecule has 1 aliphatic carbocycles. The van der Waals surface area contributed by atoms with E-state index in [0.717, 1.165) is 37.9 Å². The van der Waals surface area contributed by atoms with E-state index in [0.29, 0.717) is 25.5 Å². The predicted octanol–water partition coefficient (Wildman–Crippen LogP) is 2.81. The third-order valence-corrected chi connectivity index (χ3v) is 8.79. The number of hydrogen-bond acceptors (Lipinski definition) is 5. The summed E-state index contributed by atoms with van der Waals surface area (Å²) in [6.07, 6.45) is 5.55. The Labute approximate surface area is 185 Å². The quantitative estimate of drug-likeness (QED) is 0.766. The molecule has 1 N–H and O–H groups in total. The molecule has 172 valence electrons. The monoisotopic (exact) mass is 450 g/mol. The lowest BCUT2D eigenvalue weighted by molar-refractivity contribution is -0.140. The second-order valence-corrected chi connectivity index (χ2v) is 11.5. The van der Waals surface area contributed by atoms with Crippen LogP contribution in [0.1, 0.15) is 63.9 Å². The fourth-order valence-electron chi connectivity index (χ4n) is 5.00. The topological polar surface area (TPSA) is 84.9 Å². The SMILES string of the molecule is CC(C)S(=O)(=O)NC1CCCN2C(=O)COc3ccccc3C3CCC(CC3)OCC12. The Hall–Kier alpha value is -1.64. The molecule has 3 aliphatic heterocycles. The lowest BCUT2D eigenvalue weighted by Gasteiger charge is -2.42. The van der Waals surface area contributed by atoms with Gasteiger partial charge in [0.05, 0.1) is 24.0 Å². The summed E-state index contributed by atoms with van der Waals surface area (Å²) < 4.78 is 40.3. The summed E-state index contributed by atoms with van der Waals surface area (Å²) in [6.45, 7) is 4.22. The smallest absolute Gasteiger partial charge is 0.260 e. The number of sulfonamides is 1. The Bertz CT molecular complexity index is 880. The fourth-order valence-corrected chi connectivity index (χ4v) is 5.97. The number of para-hydroxylation sites is 1. The summed E-state index contributed by atoms with van der Waals surface area (Å²) in [4.78, 5) is 14.9. The average molecular weight is 451 g/mol. The summed E-state index contributed by atoms with van der Waals surface area (Å²) in [5.74, 6) is 1.08. The number of nitrogens with one attached hydrogen (secondary N) is 1. The highest BCUT2D eigenvalue weighted by molar-refractivity contribution is 7.90. The number of ether oxygens (including phenoxy) is 2. The lowest BCUT2D eigenvalue weighted by Crippen LogP contribution is -2.60. The molecule has 1 aromatic rings. The maximum Gasteiger partial charge on any atom is 0.260 e. The molecule has 8 heteroatoms. The van der Waals surface area contributed by atoms with Crippen LogP contribution in [0.5, 0.6) is 5.75 Å². The molecule has 0 aromatic heterocycles. The van der Waals surface area contributed by atoms with E-state index in [1.54, 1.807) is 18.7 Å². The first-order valence-electron chi connectivity index (χ1n) is 11.5. The molecule has 2 atom stereocenters. The molecule has 3 heterocycles. The molecule has 0 radical (unpaired) electrons. The lowest BCUT2D eigenvalue weighted by atomic mass is 9.82. The third kappa shape index (κ3) is 5.07. The number of carbonyl (C=O) groups excluding carboxylic acids is 1. The van der Waals surface area contributed by atoms with Crippen LogP contribution in [-0.2, 0) is 19.6 Å². The number of piperidine rings is 1. The minimum absolute atomic E-state index is 0.0483. The molecule has 1 saturated carbocycles. The van der Waals surface area contributed by atoms with Gasteiger partial charge in [0.25, 0.3) is 5.91 Å². The van der Waals surface area contributed by atoms with Crippen LogP contribution in [0.2, 0.25) is 0 Å². The number of nitrogens with zero attached hydrogens (tertiary/aromatic N) is 1. The normalized spacial score (nSPS) is 29.9. The van der Waals surface area contributed by atoms with Gasteiger partial charge in [0, 0.05) is 12.6 Å². The van der Waals surface area contributed by atoms with Crippen molar-refractivity contribution < 1.29 is 22.7 Å². The first-order valence-corrected chi connectivity index (χ1v) is 13.0. The van der Waals surface area contributed by atoms with E-state index in [1.807, 2.05) is 18.2 Å². The maximum absolute atomic E-state index is 13.2. The summed E-state index contributed by atoms with van der Waals surface area (Å²) in [5.41, 5.74) is 1.17. The maximum atomic E-state index is 13.2. The highest BCUT2D eigenvalue weighted by Crippen LogP contribution is 2.38. The molecule has 0 spiro atoms. The van der Waals surface area contributed by atoms with Crippen molar-refractivity contribution in [2.75, 3.05) is 19.8 Å². The van der Waals surface area contributed by atoms with Crippen molar-refractivity contribution in [2.24, 2.45) is 0 Å². The zero-order chi connectivity index (χ0) is 22.0. The van der Waals surface area contributed by atoms with E-state index >= 15 is 0 Å². The Morgan fingerprint density at radius 1 is 1.10 bits per heavy atom. The van der Waals surface area contributed by atoms with Gasteiger partial charge in [-0.15, -0.1) is 0 Å². The second-order valence-electron chi connectivity index (χ2n) is 9.25. The first kappa shape index (κ1) is 22.6. The number of carbonyl (C=O) groups is 1. The van der Waals surface area contributed by atoms with E-state index in [9.17, 15) is 13.2 Å². The van der Waals surface area contributed by atoms with Crippen LogP contribution in [0.15, 0.2) is 24.3 Å². The number of benzene rings is 1. The number of fused-ring (bicyclic) bond motifs is 5. The Morgan fingerprint density at radius 3 is 2.58 bits per heavy atom. The highest BCUT2D eigenvalue weighted by Gasteiger charge is 2.38. The van der Waals surface area contributed by atoms with E-state index in [1.165, 1.54) is 5.56 Å². The van der Waals surface area contributed by atoms with Gasteiger partial charge in [0.15, 0.2) is 6.61 Å². The largest absolute Gasteiger partial charge is 0.483 e. The summed E-state index contributed by atoms with van der Waals surface area (Å²) in [5, 5.41) is -0.524. The second kappa shape index (κ2) is 9.46. The predicted molar refractivity (Wildman–Crippen MR) is 119 cm³/mol. The molecular weight excluding hydrogens is 416 g/mol. The third-order valence-electron chi connectivity index (χ3n) is 6.92. The van der Waals surface area contributed by atoms with Gasteiger partial charge in [-0.2, -0.15) is 0 Å². The van der Waals surface area contributed by atoms with Crippen LogP contribution in [0.4, 0.5) is 0 Å². The van der Waals surface area contributed by atoms with Crippen molar-refractivity contribution in [1.29, 1.82) is 0 Å². The molecule has 1 aromatic carbocycles. The van der Waals surface area contributed by atoms with Gasteiger partial charge in [-0.25, -0.2) is 13.1 Å². The zero-order valence-electron chi connectivity index (χ0n) is 18.5. The standard InChI is InChI=1S/C23H34N2O5S/c1-16(2)31(27,28)24-20-7-5-13-25-21(20)14-29-18-11-9-17(10-12-18)19-6-3-4-8-22(19)30-15-23(25)26/h3-4,6,8,16-18,20-21,24H,5,7,9-15H2,1-2H3. The van der Waals surface area contributed by atoms with Gasteiger partial charge in [-0.1, -0.05) is 18.2 Å². The van der Waals surface area contributed by atoms with Gasteiger partial charge in [0.1, 0.15) is 5.75 Å². The van der Waals surface area contributed by atoms with Gasteiger partial charge < -0.3 is 14.4 Å². The minimum Gasteiger partial charge on any atom is -0.483 e. The first-order chi connectivity index (χ1) is 14.8. The molecule has 1 saturated heterocycles. The van der Waals surface area contributed by atoms with Gasteiger partial charge in [0.2, 0.25) is 10.0 Å². The molecule has 2 unspecified atom stereocenters. The molecular formula is C23H34N2O5S. The summed E-state index contributed by atoms with van der Waals surface area (Å²) >= 11 is 0. The minimum atomic E-state index is -3.45. The summed E-state index contributed by atoms with van der Waals surface area (Å²) in [7, 11) is -3.45. The number of amides is 1. The van der Waals surface area contributed by atoms with E-state index < -0.39 is 15.3 Å². The van der Waals surface area contributed by atoms with Crippen molar-refractivity contribution in [1.82, 2.24) is 9.62 Å². The van der Waals surface area contributed by atoms with Crippen molar-refractivity contribution in [3.63, 3.8) is 0 Å². The molecule has 31 heavy (non-hydrogen) atoms. The van der Waals surface area contributed by atoms with Crippen LogP contribution in [-0.4, -0.2) is 62.4 Å².